The smallest absolute Gasteiger partial charge is 0.134 e. The van der Waals surface area contributed by atoms with Gasteiger partial charge in [0.25, 0.3) is 0 Å². The first kappa shape index (κ1) is 12.2. The van der Waals surface area contributed by atoms with Crippen LogP contribution in [0.2, 0.25) is 5.02 Å². The molecule has 1 heterocycles. The van der Waals surface area contributed by atoms with E-state index in [9.17, 15) is 0 Å². The van der Waals surface area contributed by atoms with Crippen LogP contribution in [0.1, 0.15) is 25.1 Å². The molecule has 2 nitrogen and oxygen atoms in total. The molecular formula is C14H16ClNO. The van der Waals surface area contributed by atoms with Gasteiger partial charge in [0.05, 0.1) is 6.04 Å². The van der Waals surface area contributed by atoms with Crippen molar-refractivity contribution in [3.05, 3.63) is 47.7 Å². The van der Waals surface area contributed by atoms with Gasteiger partial charge in [-0.2, -0.15) is 0 Å². The molecule has 17 heavy (non-hydrogen) atoms. The number of benzene rings is 1. The summed E-state index contributed by atoms with van der Waals surface area (Å²) in [5, 5.41) is 5.15. The van der Waals surface area contributed by atoms with Crippen molar-refractivity contribution in [2.24, 2.45) is 0 Å². The zero-order chi connectivity index (χ0) is 12.3. The van der Waals surface area contributed by atoms with Crippen molar-refractivity contribution in [3.8, 4) is 0 Å². The van der Waals surface area contributed by atoms with Crippen LogP contribution in [-0.2, 0) is 0 Å². The van der Waals surface area contributed by atoms with Gasteiger partial charge in [-0.05, 0) is 37.2 Å². The first-order valence-electron chi connectivity index (χ1n) is 5.78. The molecule has 0 aliphatic heterocycles. The topological polar surface area (TPSA) is 25.2 Å². The van der Waals surface area contributed by atoms with Gasteiger partial charge in [-0.3, -0.25) is 0 Å². The Bertz CT molecular complexity index is 518. The molecule has 1 N–H and O–H groups in total. The van der Waals surface area contributed by atoms with E-state index < -0.39 is 0 Å². The van der Waals surface area contributed by atoms with Gasteiger partial charge < -0.3 is 9.73 Å². The fourth-order valence-electron chi connectivity index (χ4n) is 1.92. The van der Waals surface area contributed by atoms with Crippen molar-refractivity contribution in [1.29, 1.82) is 0 Å². The Balaban J connectivity index is 2.36. The molecule has 0 spiro atoms. The van der Waals surface area contributed by atoms with Crippen molar-refractivity contribution < 1.29 is 4.42 Å². The maximum absolute atomic E-state index is 5.96. The minimum Gasteiger partial charge on any atom is -0.459 e. The predicted octanol–water partition coefficient (Wildman–Crippen LogP) is 4.31. The van der Waals surface area contributed by atoms with Crippen LogP contribution < -0.4 is 5.32 Å². The quantitative estimate of drug-likeness (QED) is 0.799. The van der Waals surface area contributed by atoms with Gasteiger partial charge in [-0.15, -0.1) is 6.58 Å². The van der Waals surface area contributed by atoms with E-state index in [0.29, 0.717) is 0 Å². The molecule has 0 aliphatic carbocycles. The van der Waals surface area contributed by atoms with Crippen LogP contribution in [0.15, 0.2) is 41.3 Å². The summed E-state index contributed by atoms with van der Waals surface area (Å²) in [4.78, 5) is 0. The Kier molecular flexibility index (Phi) is 3.87. The lowest BCUT2D eigenvalue weighted by Gasteiger charge is -2.12. The maximum Gasteiger partial charge on any atom is 0.134 e. The number of hydrogen-bond donors (Lipinski definition) is 1. The number of furan rings is 1. The third kappa shape index (κ3) is 2.71. The van der Waals surface area contributed by atoms with Crippen molar-refractivity contribution in [1.82, 2.24) is 5.32 Å². The highest BCUT2D eigenvalue weighted by molar-refractivity contribution is 6.31. The minimum atomic E-state index is 0.184. The fourth-order valence-corrected chi connectivity index (χ4v) is 2.10. The summed E-state index contributed by atoms with van der Waals surface area (Å²) in [5.74, 6) is 0.934. The molecule has 0 radical (unpaired) electrons. The normalized spacial score (nSPS) is 12.8. The van der Waals surface area contributed by atoms with E-state index in [-0.39, 0.29) is 6.04 Å². The standard InChI is InChI=1S/C14H16ClNO/c1-3-5-12(16-4-2)14-9-10-8-11(15)6-7-13(10)17-14/h3,6-9,12,16H,1,4-5H2,2H3. The summed E-state index contributed by atoms with van der Waals surface area (Å²) >= 11 is 5.96. The third-order valence-corrected chi connectivity index (χ3v) is 2.93. The van der Waals surface area contributed by atoms with Gasteiger partial charge in [0.1, 0.15) is 11.3 Å². The lowest BCUT2D eigenvalue weighted by molar-refractivity contribution is 0.439. The highest BCUT2D eigenvalue weighted by atomic mass is 35.5. The second kappa shape index (κ2) is 5.39. The molecule has 3 heteroatoms. The van der Waals surface area contributed by atoms with Gasteiger partial charge >= 0.3 is 0 Å². The summed E-state index contributed by atoms with van der Waals surface area (Å²) < 4.78 is 5.82. The van der Waals surface area contributed by atoms with E-state index in [1.807, 2.05) is 30.3 Å². The predicted molar refractivity (Wildman–Crippen MR) is 72.5 cm³/mol. The molecule has 2 aromatic rings. The summed E-state index contributed by atoms with van der Waals surface area (Å²) in [6.07, 6.45) is 2.74. The van der Waals surface area contributed by atoms with Crippen molar-refractivity contribution >= 4 is 22.6 Å². The van der Waals surface area contributed by atoms with Crippen LogP contribution in [0.25, 0.3) is 11.0 Å². The maximum atomic E-state index is 5.96. The van der Waals surface area contributed by atoms with E-state index >= 15 is 0 Å². The molecule has 1 atom stereocenters. The van der Waals surface area contributed by atoms with Crippen LogP contribution in [0.3, 0.4) is 0 Å². The minimum absolute atomic E-state index is 0.184. The van der Waals surface area contributed by atoms with Gasteiger partial charge in [0.15, 0.2) is 0 Å². The average molecular weight is 250 g/mol. The number of hydrogen-bond acceptors (Lipinski definition) is 2. The molecule has 0 aliphatic rings. The van der Waals surface area contributed by atoms with Crippen molar-refractivity contribution in [2.75, 3.05) is 6.54 Å². The third-order valence-electron chi connectivity index (χ3n) is 2.69. The molecule has 0 fully saturated rings. The number of rotatable bonds is 5. The first-order chi connectivity index (χ1) is 8.24. The Hall–Kier alpha value is -1.25. The fraction of sp³-hybridized carbons (Fsp3) is 0.286. The second-order valence-corrected chi connectivity index (χ2v) is 4.40. The van der Waals surface area contributed by atoms with Crippen LogP contribution in [-0.4, -0.2) is 6.54 Å². The van der Waals surface area contributed by atoms with Crippen molar-refractivity contribution in [2.45, 2.75) is 19.4 Å². The van der Waals surface area contributed by atoms with E-state index in [4.69, 9.17) is 16.0 Å². The van der Waals surface area contributed by atoms with E-state index in [1.54, 1.807) is 0 Å². The first-order valence-corrected chi connectivity index (χ1v) is 6.15. The molecule has 0 bridgehead atoms. The average Bonchev–Trinajstić information content (AvgIpc) is 2.71. The monoisotopic (exact) mass is 249 g/mol. The van der Waals surface area contributed by atoms with Crippen LogP contribution in [0, 0.1) is 0 Å². The Morgan fingerprint density at radius 1 is 1.47 bits per heavy atom. The van der Waals surface area contributed by atoms with Gasteiger partial charge in [0.2, 0.25) is 0 Å². The molecule has 0 saturated carbocycles. The number of nitrogens with one attached hydrogen (secondary N) is 1. The molecule has 0 saturated heterocycles. The number of fused-ring (bicyclic) bond motifs is 1. The van der Waals surface area contributed by atoms with Gasteiger partial charge in [-0.1, -0.05) is 24.6 Å². The van der Waals surface area contributed by atoms with E-state index in [2.05, 4.69) is 18.8 Å². The van der Waals surface area contributed by atoms with Crippen LogP contribution >= 0.6 is 11.6 Å². The summed E-state index contributed by atoms with van der Waals surface area (Å²) in [6.45, 7) is 6.75. The van der Waals surface area contributed by atoms with E-state index in [1.165, 1.54) is 0 Å². The van der Waals surface area contributed by atoms with Gasteiger partial charge in [0, 0.05) is 10.4 Å². The zero-order valence-corrected chi connectivity index (χ0v) is 10.6. The molecular weight excluding hydrogens is 234 g/mol. The zero-order valence-electron chi connectivity index (χ0n) is 9.87. The number of halogens is 1. The Morgan fingerprint density at radius 2 is 2.29 bits per heavy atom. The lowest BCUT2D eigenvalue weighted by Crippen LogP contribution is -2.19. The summed E-state index contributed by atoms with van der Waals surface area (Å²) in [5.41, 5.74) is 0.872. The summed E-state index contributed by atoms with van der Waals surface area (Å²) in [7, 11) is 0. The van der Waals surface area contributed by atoms with Crippen molar-refractivity contribution in [3.63, 3.8) is 0 Å². The highest BCUT2D eigenvalue weighted by Gasteiger charge is 2.13. The van der Waals surface area contributed by atoms with Gasteiger partial charge in [-0.25, -0.2) is 0 Å². The highest BCUT2D eigenvalue weighted by Crippen LogP contribution is 2.27. The van der Waals surface area contributed by atoms with Crippen LogP contribution in [0.4, 0.5) is 0 Å². The molecule has 0 amide bonds. The molecule has 1 aromatic heterocycles. The van der Waals surface area contributed by atoms with E-state index in [0.717, 1.165) is 34.7 Å². The second-order valence-electron chi connectivity index (χ2n) is 3.97. The molecule has 2 rings (SSSR count). The van der Waals surface area contributed by atoms with Crippen LogP contribution in [0.5, 0.6) is 0 Å². The lowest BCUT2D eigenvalue weighted by atomic mass is 10.1. The molecule has 1 aromatic carbocycles. The Morgan fingerprint density at radius 3 is 3.00 bits per heavy atom. The largest absolute Gasteiger partial charge is 0.459 e. The molecule has 1 unspecified atom stereocenters. The SMILES string of the molecule is C=CCC(NCC)c1cc2cc(Cl)ccc2o1. The summed E-state index contributed by atoms with van der Waals surface area (Å²) in [6, 6.07) is 7.88. The molecule has 90 valence electrons. The Labute approximate surface area is 106 Å².